The first-order valence-electron chi connectivity index (χ1n) is 4.54. The Morgan fingerprint density at radius 2 is 2.20 bits per heavy atom. The van der Waals surface area contributed by atoms with Gasteiger partial charge in [-0.2, -0.15) is 0 Å². The van der Waals surface area contributed by atoms with Gasteiger partial charge in [-0.15, -0.1) is 0 Å². The van der Waals surface area contributed by atoms with Crippen molar-refractivity contribution >= 4 is 11.6 Å². The third-order valence-corrected chi connectivity index (χ3v) is 2.92. The topological polar surface area (TPSA) is 55.5 Å². The van der Waals surface area contributed by atoms with Crippen molar-refractivity contribution in [1.29, 1.82) is 0 Å². The largest absolute Gasteiger partial charge is 0.505 e. The Balaban J connectivity index is 2.68. The van der Waals surface area contributed by atoms with E-state index in [2.05, 4.69) is 0 Å². The highest BCUT2D eigenvalue weighted by molar-refractivity contribution is 6.32. The molecule has 0 spiro atoms. The highest BCUT2D eigenvalue weighted by Crippen LogP contribution is 2.51. The summed E-state index contributed by atoms with van der Waals surface area (Å²) >= 11 is 5.83. The molecule has 3 nitrogen and oxygen atoms in total. The number of benzene rings is 1. The molecule has 2 rings (SSSR count). The maximum Gasteiger partial charge on any atom is 0.173 e. The number of ether oxygens (including phenoxy) is 1. The molecule has 1 aliphatic rings. The van der Waals surface area contributed by atoms with Crippen molar-refractivity contribution in [3.05, 3.63) is 22.5 Å². The van der Waals surface area contributed by atoms with Crippen molar-refractivity contribution < 1.29 is 14.2 Å². The van der Waals surface area contributed by atoms with E-state index in [1.807, 2.05) is 0 Å². The molecular formula is C10H11ClFNO2. The van der Waals surface area contributed by atoms with Gasteiger partial charge in [0.25, 0.3) is 0 Å². The third kappa shape index (κ3) is 1.54. The van der Waals surface area contributed by atoms with Crippen LogP contribution in [0.1, 0.15) is 18.4 Å². The van der Waals surface area contributed by atoms with Gasteiger partial charge in [0.1, 0.15) is 5.75 Å². The van der Waals surface area contributed by atoms with E-state index in [4.69, 9.17) is 22.1 Å². The molecule has 0 unspecified atom stereocenters. The van der Waals surface area contributed by atoms with E-state index < -0.39 is 17.1 Å². The van der Waals surface area contributed by atoms with Gasteiger partial charge in [-0.25, -0.2) is 4.39 Å². The predicted octanol–water partition coefficient (Wildman–Crippen LogP) is 2.14. The molecule has 0 atom stereocenters. The monoisotopic (exact) mass is 231 g/mol. The van der Waals surface area contributed by atoms with Crippen molar-refractivity contribution in [2.24, 2.45) is 5.73 Å². The summed E-state index contributed by atoms with van der Waals surface area (Å²) in [5.41, 5.74) is 5.33. The van der Waals surface area contributed by atoms with Crippen LogP contribution in [0.4, 0.5) is 4.39 Å². The van der Waals surface area contributed by atoms with Crippen molar-refractivity contribution in [3.8, 4) is 11.5 Å². The highest BCUT2D eigenvalue weighted by Gasteiger charge is 2.45. The van der Waals surface area contributed by atoms with Gasteiger partial charge in [0.2, 0.25) is 0 Å². The lowest BCUT2D eigenvalue weighted by molar-refractivity contribution is 0.383. The number of methoxy groups -OCH3 is 1. The quantitative estimate of drug-likeness (QED) is 0.820. The normalized spacial score (nSPS) is 17.6. The first kappa shape index (κ1) is 10.5. The zero-order valence-electron chi connectivity index (χ0n) is 8.18. The van der Waals surface area contributed by atoms with Gasteiger partial charge in [-0.1, -0.05) is 11.6 Å². The van der Waals surface area contributed by atoms with Crippen LogP contribution in [0, 0.1) is 5.82 Å². The third-order valence-electron chi connectivity index (χ3n) is 2.64. The molecule has 0 bridgehead atoms. The first-order chi connectivity index (χ1) is 6.99. The molecule has 1 saturated carbocycles. The van der Waals surface area contributed by atoms with Gasteiger partial charge in [0.05, 0.1) is 17.7 Å². The number of aromatic hydroxyl groups is 1. The molecular weight excluding hydrogens is 221 g/mol. The number of phenolic OH excluding ortho intramolecular Hbond substituents is 1. The molecule has 1 fully saturated rings. The smallest absolute Gasteiger partial charge is 0.173 e. The van der Waals surface area contributed by atoms with E-state index in [0.717, 1.165) is 6.07 Å². The van der Waals surface area contributed by atoms with Crippen LogP contribution in [0.3, 0.4) is 0 Å². The molecule has 15 heavy (non-hydrogen) atoms. The number of hydrogen-bond donors (Lipinski definition) is 2. The molecule has 0 radical (unpaired) electrons. The van der Waals surface area contributed by atoms with Gasteiger partial charge in [-0.3, -0.25) is 0 Å². The fourth-order valence-corrected chi connectivity index (χ4v) is 1.90. The van der Waals surface area contributed by atoms with Crippen LogP contribution >= 0.6 is 11.6 Å². The Morgan fingerprint density at radius 1 is 1.60 bits per heavy atom. The fourth-order valence-electron chi connectivity index (χ4n) is 1.63. The van der Waals surface area contributed by atoms with Gasteiger partial charge in [0, 0.05) is 11.6 Å². The van der Waals surface area contributed by atoms with Crippen molar-refractivity contribution in [1.82, 2.24) is 0 Å². The molecule has 1 aromatic carbocycles. The van der Waals surface area contributed by atoms with E-state index in [-0.39, 0.29) is 16.3 Å². The second-order valence-corrected chi connectivity index (χ2v) is 4.16. The maximum absolute atomic E-state index is 13.7. The summed E-state index contributed by atoms with van der Waals surface area (Å²) in [6, 6.07) is 1.12. The van der Waals surface area contributed by atoms with Crippen LogP contribution in [0.5, 0.6) is 11.5 Å². The highest BCUT2D eigenvalue weighted by atomic mass is 35.5. The van der Waals surface area contributed by atoms with Crippen LogP contribution in [-0.2, 0) is 5.54 Å². The average Bonchev–Trinajstić information content (AvgIpc) is 2.90. The van der Waals surface area contributed by atoms with Crippen LogP contribution in [0.25, 0.3) is 0 Å². The van der Waals surface area contributed by atoms with Crippen molar-refractivity contribution in [2.75, 3.05) is 7.11 Å². The predicted molar refractivity (Wildman–Crippen MR) is 54.7 cm³/mol. The number of rotatable bonds is 2. The van der Waals surface area contributed by atoms with Crippen molar-refractivity contribution in [2.45, 2.75) is 18.4 Å². The standard InChI is InChI=1S/C10H11ClFNO2/c1-15-9-5(11)4-6(14)8(12)7(9)10(13)2-3-10/h4,14H,2-3,13H2,1H3. The molecule has 0 aliphatic heterocycles. The first-order valence-corrected chi connectivity index (χ1v) is 4.92. The summed E-state index contributed by atoms with van der Waals surface area (Å²) in [4.78, 5) is 0. The molecule has 5 heteroatoms. The zero-order chi connectivity index (χ0) is 11.2. The number of phenols is 1. The second kappa shape index (κ2) is 3.25. The number of nitrogens with two attached hydrogens (primary N) is 1. The molecule has 1 aromatic rings. The van der Waals surface area contributed by atoms with E-state index in [0.29, 0.717) is 12.8 Å². The Labute approximate surface area is 91.6 Å². The van der Waals surface area contributed by atoms with Crippen LogP contribution in [0.2, 0.25) is 5.02 Å². The molecule has 0 saturated heterocycles. The Bertz CT molecular complexity index is 418. The van der Waals surface area contributed by atoms with E-state index in [1.165, 1.54) is 7.11 Å². The lowest BCUT2D eigenvalue weighted by Gasteiger charge is -2.17. The van der Waals surface area contributed by atoms with E-state index in [9.17, 15) is 9.50 Å². The molecule has 0 aromatic heterocycles. The van der Waals surface area contributed by atoms with E-state index in [1.54, 1.807) is 0 Å². The maximum atomic E-state index is 13.7. The van der Waals surface area contributed by atoms with Gasteiger partial charge >= 0.3 is 0 Å². The summed E-state index contributed by atoms with van der Waals surface area (Å²) in [6.45, 7) is 0. The number of hydrogen-bond acceptors (Lipinski definition) is 3. The summed E-state index contributed by atoms with van der Waals surface area (Å²) in [5, 5.41) is 9.49. The molecule has 3 N–H and O–H groups in total. The van der Waals surface area contributed by atoms with Gasteiger partial charge < -0.3 is 15.6 Å². The fraction of sp³-hybridized carbons (Fsp3) is 0.400. The van der Waals surface area contributed by atoms with E-state index >= 15 is 0 Å². The van der Waals surface area contributed by atoms with Gasteiger partial charge in [-0.05, 0) is 12.8 Å². The number of halogens is 2. The minimum atomic E-state index is -0.740. The molecule has 82 valence electrons. The summed E-state index contributed by atoms with van der Waals surface area (Å²) in [7, 11) is 1.40. The molecule has 1 aliphatic carbocycles. The summed E-state index contributed by atoms with van der Waals surface area (Å²) < 4.78 is 18.7. The zero-order valence-corrected chi connectivity index (χ0v) is 8.94. The minimum Gasteiger partial charge on any atom is -0.505 e. The Kier molecular flexibility index (Phi) is 2.28. The Hall–Kier alpha value is -1.00. The van der Waals surface area contributed by atoms with Crippen LogP contribution in [-0.4, -0.2) is 12.2 Å². The minimum absolute atomic E-state index is 0.170. The second-order valence-electron chi connectivity index (χ2n) is 3.76. The molecule has 0 amide bonds. The SMILES string of the molecule is COc1c(Cl)cc(O)c(F)c1C1(N)CC1. The molecule has 0 heterocycles. The lowest BCUT2D eigenvalue weighted by atomic mass is 10.0. The van der Waals surface area contributed by atoms with Crippen LogP contribution < -0.4 is 10.5 Å². The van der Waals surface area contributed by atoms with Gasteiger partial charge in [0.15, 0.2) is 11.6 Å². The summed E-state index contributed by atoms with van der Waals surface area (Å²) in [6.07, 6.45) is 1.33. The van der Waals surface area contributed by atoms with Crippen molar-refractivity contribution in [3.63, 3.8) is 0 Å². The summed E-state index contributed by atoms with van der Waals surface area (Å²) in [5.74, 6) is -1.02. The average molecular weight is 232 g/mol. The lowest BCUT2D eigenvalue weighted by Crippen LogP contribution is -2.21. The Morgan fingerprint density at radius 3 is 2.67 bits per heavy atom. The van der Waals surface area contributed by atoms with Crippen LogP contribution in [0.15, 0.2) is 6.07 Å².